The van der Waals surface area contributed by atoms with Gasteiger partial charge in [0, 0.05) is 13.1 Å². The molecular weight excluding hydrogens is 256 g/mol. The molecule has 112 valence electrons. The maximum Gasteiger partial charge on any atom is 0.261 e. The lowest BCUT2D eigenvalue weighted by atomic mass is 9.92. The van der Waals surface area contributed by atoms with Crippen LogP contribution in [0.2, 0.25) is 0 Å². The highest BCUT2D eigenvalue weighted by molar-refractivity contribution is 5.99. The van der Waals surface area contributed by atoms with Crippen LogP contribution in [0.3, 0.4) is 0 Å². The van der Waals surface area contributed by atoms with Gasteiger partial charge in [-0.25, -0.2) is 0 Å². The fraction of sp³-hybridized carbons (Fsp3) is 0.533. The van der Waals surface area contributed by atoms with Gasteiger partial charge in [0.25, 0.3) is 5.91 Å². The van der Waals surface area contributed by atoms with Crippen molar-refractivity contribution in [2.24, 2.45) is 11.1 Å². The number of aromatic hydroxyl groups is 2. The monoisotopic (exact) mass is 280 g/mol. The fourth-order valence-electron chi connectivity index (χ4n) is 2.01. The molecule has 0 unspecified atom stereocenters. The molecule has 0 aliphatic rings. The largest absolute Gasteiger partial charge is 0.507 e. The third kappa shape index (κ3) is 3.87. The zero-order valence-corrected chi connectivity index (χ0v) is 12.4. The average Bonchev–Trinajstić information content (AvgIpc) is 2.37. The van der Waals surface area contributed by atoms with E-state index in [0.29, 0.717) is 19.6 Å². The number of rotatable bonds is 6. The summed E-state index contributed by atoms with van der Waals surface area (Å²) in [6.07, 6.45) is 0.792. The molecule has 0 fully saturated rings. The van der Waals surface area contributed by atoms with Crippen molar-refractivity contribution in [3.63, 3.8) is 0 Å². The van der Waals surface area contributed by atoms with E-state index in [2.05, 4.69) is 0 Å². The Balaban J connectivity index is 3.06. The van der Waals surface area contributed by atoms with Gasteiger partial charge < -0.3 is 20.8 Å². The Kier molecular flexibility index (Phi) is 5.39. The summed E-state index contributed by atoms with van der Waals surface area (Å²) >= 11 is 0. The van der Waals surface area contributed by atoms with Crippen LogP contribution in [0.25, 0.3) is 0 Å². The molecule has 0 heterocycles. The zero-order chi connectivity index (χ0) is 15.3. The first kappa shape index (κ1) is 16.3. The second-order valence-electron chi connectivity index (χ2n) is 5.77. The van der Waals surface area contributed by atoms with Crippen LogP contribution in [-0.4, -0.2) is 40.7 Å². The molecular formula is C15H24N2O3. The van der Waals surface area contributed by atoms with Crippen molar-refractivity contribution in [3.05, 3.63) is 23.8 Å². The van der Waals surface area contributed by atoms with Gasteiger partial charge in [-0.05, 0) is 30.5 Å². The van der Waals surface area contributed by atoms with E-state index in [1.807, 2.05) is 20.8 Å². The molecule has 4 N–H and O–H groups in total. The van der Waals surface area contributed by atoms with Crippen LogP contribution in [0.15, 0.2) is 18.2 Å². The summed E-state index contributed by atoms with van der Waals surface area (Å²) in [6.45, 7) is 7.41. The van der Waals surface area contributed by atoms with E-state index in [9.17, 15) is 15.0 Å². The van der Waals surface area contributed by atoms with Crippen LogP contribution >= 0.6 is 0 Å². The molecule has 1 aromatic rings. The molecule has 5 nitrogen and oxygen atoms in total. The lowest BCUT2D eigenvalue weighted by Crippen LogP contribution is -2.42. The normalized spacial score (nSPS) is 11.4. The van der Waals surface area contributed by atoms with Crippen molar-refractivity contribution in [3.8, 4) is 11.5 Å². The predicted octanol–water partition coefficient (Wildman–Crippen LogP) is 1.93. The van der Waals surface area contributed by atoms with Gasteiger partial charge in [-0.2, -0.15) is 0 Å². The minimum atomic E-state index is -0.371. The first-order valence-electron chi connectivity index (χ1n) is 6.82. The van der Waals surface area contributed by atoms with E-state index in [1.165, 1.54) is 18.2 Å². The number of hydrogen-bond acceptors (Lipinski definition) is 4. The van der Waals surface area contributed by atoms with Crippen molar-refractivity contribution < 1.29 is 15.0 Å². The van der Waals surface area contributed by atoms with E-state index >= 15 is 0 Å². The smallest absolute Gasteiger partial charge is 0.261 e. The van der Waals surface area contributed by atoms with Crippen LogP contribution < -0.4 is 5.73 Å². The molecule has 1 aromatic carbocycles. The van der Waals surface area contributed by atoms with Crippen molar-refractivity contribution in [1.82, 2.24) is 4.90 Å². The average molecular weight is 280 g/mol. The Morgan fingerprint density at radius 3 is 2.30 bits per heavy atom. The predicted molar refractivity (Wildman–Crippen MR) is 78.8 cm³/mol. The van der Waals surface area contributed by atoms with Crippen LogP contribution in [0.1, 0.15) is 37.6 Å². The summed E-state index contributed by atoms with van der Waals surface area (Å²) < 4.78 is 0. The second kappa shape index (κ2) is 6.61. The molecule has 0 bridgehead atoms. The quantitative estimate of drug-likeness (QED) is 0.743. The topological polar surface area (TPSA) is 86.8 Å². The Labute approximate surface area is 120 Å². The van der Waals surface area contributed by atoms with Gasteiger partial charge in [-0.15, -0.1) is 0 Å². The van der Waals surface area contributed by atoms with Gasteiger partial charge in [0.2, 0.25) is 0 Å². The standard InChI is InChI=1S/C15H24N2O3/c1-4-8-17(10-15(2,3)9-16)14(20)13-11(18)6-5-7-12(13)19/h5-7,18-19H,4,8-10,16H2,1-3H3. The number of nitrogens with zero attached hydrogens (tertiary/aromatic N) is 1. The number of nitrogens with two attached hydrogens (primary N) is 1. The van der Waals surface area contributed by atoms with Gasteiger partial charge in [-0.1, -0.05) is 26.8 Å². The number of amides is 1. The minimum absolute atomic E-state index is 0.0474. The maximum atomic E-state index is 12.5. The Hall–Kier alpha value is -1.75. The van der Waals surface area contributed by atoms with Crippen LogP contribution in [0.4, 0.5) is 0 Å². The van der Waals surface area contributed by atoms with Gasteiger partial charge in [0.05, 0.1) is 0 Å². The first-order chi connectivity index (χ1) is 9.32. The van der Waals surface area contributed by atoms with E-state index in [-0.39, 0.29) is 28.4 Å². The van der Waals surface area contributed by atoms with E-state index < -0.39 is 0 Å². The minimum Gasteiger partial charge on any atom is -0.507 e. The highest BCUT2D eigenvalue weighted by atomic mass is 16.3. The van der Waals surface area contributed by atoms with Gasteiger partial charge in [0.15, 0.2) is 0 Å². The van der Waals surface area contributed by atoms with Crippen molar-refractivity contribution >= 4 is 5.91 Å². The number of phenolic OH excluding ortho intramolecular Hbond substituents is 2. The molecule has 0 saturated heterocycles. The summed E-state index contributed by atoms with van der Waals surface area (Å²) in [5.74, 6) is -0.785. The third-order valence-electron chi connectivity index (χ3n) is 3.19. The molecule has 0 aliphatic carbocycles. The highest BCUT2D eigenvalue weighted by Crippen LogP contribution is 2.28. The molecule has 0 aromatic heterocycles. The van der Waals surface area contributed by atoms with Gasteiger partial charge in [0.1, 0.15) is 17.1 Å². The summed E-state index contributed by atoms with van der Waals surface area (Å²) in [7, 11) is 0. The molecule has 0 radical (unpaired) electrons. The first-order valence-corrected chi connectivity index (χ1v) is 6.82. The fourth-order valence-corrected chi connectivity index (χ4v) is 2.01. The molecule has 0 atom stereocenters. The summed E-state index contributed by atoms with van der Waals surface area (Å²) in [5.41, 5.74) is 5.45. The van der Waals surface area contributed by atoms with E-state index in [0.717, 1.165) is 6.42 Å². The Morgan fingerprint density at radius 2 is 1.85 bits per heavy atom. The van der Waals surface area contributed by atoms with E-state index in [4.69, 9.17) is 5.73 Å². The molecule has 1 rings (SSSR count). The maximum absolute atomic E-state index is 12.5. The number of carbonyl (C=O) groups is 1. The molecule has 5 heteroatoms. The van der Waals surface area contributed by atoms with E-state index in [1.54, 1.807) is 4.90 Å². The van der Waals surface area contributed by atoms with Crippen molar-refractivity contribution in [1.29, 1.82) is 0 Å². The number of benzene rings is 1. The third-order valence-corrected chi connectivity index (χ3v) is 3.19. The summed E-state index contributed by atoms with van der Waals surface area (Å²) in [5, 5.41) is 19.6. The second-order valence-corrected chi connectivity index (χ2v) is 5.77. The molecule has 1 amide bonds. The Bertz CT molecular complexity index is 452. The molecule has 0 spiro atoms. The lowest BCUT2D eigenvalue weighted by Gasteiger charge is -2.32. The van der Waals surface area contributed by atoms with Crippen molar-refractivity contribution in [2.75, 3.05) is 19.6 Å². The number of carbonyl (C=O) groups excluding carboxylic acids is 1. The SMILES string of the molecule is CCCN(CC(C)(C)CN)C(=O)c1c(O)cccc1O. The molecule has 20 heavy (non-hydrogen) atoms. The van der Waals surface area contributed by atoms with Crippen molar-refractivity contribution in [2.45, 2.75) is 27.2 Å². The highest BCUT2D eigenvalue weighted by Gasteiger charge is 2.27. The van der Waals surface area contributed by atoms with Gasteiger partial charge in [-0.3, -0.25) is 4.79 Å². The van der Waals surface area contributed by atoms with Crippen LogP contribution in [0, 0.1) is 5.41 Å². The van der Waals surface area contributed by atoms with Crippen LogP contribution in [-0.2, 0) is 0 Å². The van der Waals surface area contributed by atoms with Crippen LogP contribution in [0.5, 0.6) is 11.5 Å². The number of phenols is 2. The molecule has 0 saturated carbocycles. The Morgan fingerprint density at radius 1 is 1.30 bits per heavy atom. The lowest BCUT2D eigenvalue weighted by molar-refractivity contribution is 0.0683. The summed E-state index contributed by atoms with van der Waals surface area (Å²) in [6, 6.07) is 4.28. The zero-order valence-electron chi connectivity index (χ0n) is 12.4. The summed E-state index contributed by atoms with van der Waals surface area (Å²) in [4.78, 5) is 14.2. The number of hydrogen-bond donors (Lipinski definition) is 3. The van der Waals surface area contributed by atoms with Gasteiger partial charge >= 0.3 is 0 Å². The molecule has 0 aliphatic heterocycles.